The molecule has 2 aromatic rings. The number of allylic oxidation sites excluding steroid dienone is 2. The molecular weight excluding hydrogens is 354 g/mol. The summed E-state index contributed by atoms with van der Waals surface area (Å²) in [6, 6.07) is 14.5. The Bertz CT molecular complexity index is 1070. The van der Waals surface area contributed by atoms with Crippen molar-refractivity contribution < 1.29 is 9.53 Å². The number of fused-ring (bicyclic) bond motifs is 2. The van der Waals surface area contributed by atoms with Crippen LogP contribution in [0.4, 0.5) is 11.4 Å². The molecule has 26 heavy (non-hydrogen) atoms. The number of hydrogen-bond acceptors (Lipinski definition) is 6. The van der Waals surface area contributed by atoms with Gasteiger partial charge in [-0.25, -0.2) is 0 Å². The minimum Gasteiger partial charge on any atom is -0.454 e. The maximum Gasteiger partial charge on any atom is 0.259 e. The Labute approximate surface area is 153 Å². The van der Waals surface area contributed by atoms with E-state index in [1.54, 1.807) is 48.5 Å². The Balaban J connectivity index is 2.00. The van der Waals surface area contributed by atoms with Gasteiger partial charge in [-0.1, -0.05) is 11.6 Å². The van der Waals surface area contributed by atoms with Gasteiger partial charge < -0.3 is 15.4 Å². The number of carbonyl (C=O) groups is 1. The highest BCUT2D eigenvalue weighted by atomic mass is 35.5. The second-order valence-corrected chi connectivity index (χ2v) is 5.55. The van der Waals surface area contributed by atoms with E-state index >= 15 is 0 Å². The van der Waals surface area contributed by atoms with Gasteiger partial charge in [0.25, 0.3) is 5.91 Å². The first-order valence-corrected chi connectivity index (χ1v) is 7.58. The second-order valence-electron chi connectivity index (χ2n) is 5.12. The molecule has 0 spiro atoms. The van der Waals surface area contributed by atoms with E-state index in [1.807, 2.05) is 0 Å². The fourth-order valence-electron chi connectivity index (χ4n) is 2.30. The van der Waals surface area contributed by atoms with E-state index in [0.29, 0.717) is 27.9 Å². The van der Waals surface area contributed by atoms with Crippen LogP contribution in [0, 0.1) is 34.0 Å². The number of benzene rings is 2. The number of nitrogens with one attached hydrogen (secondary N) is 2. The Morgan fingerprint density at radius 2 is 1.77 bits per heavy atom. The average Bonchev–Trinajstić information content (AvgIpc) is 2.77. The Morgan fingerprint density at radius 1 is 1.04 bits per heavy atom. The molecule has 124 valence electrons. The molecule has 1 heterocycles. The van der Waals surface area contributed by atoms with Crippen LogP contribution < -0.4 is 15.4 Å². The molecule has 0 aliphatic carbocycles. The van der Waals surface area contributed by atoms with E-state index in [0.717, 1.165) is 0 Å². The van der Waals surface area contributed by atoms with Gasteiger partial charge in [0.2, 0.25) is 0 Å². The minimum absolute atomic E-state index is 0.208. The van der Waals surface area contributed by atoms with Gasteiger partial charge in [-0.15, -0.1) is 0 Å². The predicted octanol–water partition coefficient (Wildman–Crippen LogP) is 3.93. The molecule has 0 saturated heterocycles. The topological polar surface area (TPSA) is 122 Å². The molecular formula is C18H8ClN5O2. The third kappa shape index (κ3) is 3.14. The van der Waals surface area contributed by atoms with Crippen molar-refractivity contribution in [3.8, 4) is 29.7 Å². The zero-order chi connectivity index (χ0) is 18.7. The van der Waals surface area contributed by atoms with Crippen LogP contribution in [0.5, 0.6) is 11.5 Å². The largest absolute Gasteiger partial charge is 0.454 e. The SMILES string of the molecule is N#CC(C#N)=C(C#N)Nc1ccc2c(c1)C(=O)Nc1cc(Cl)ccc1O2. The van der Waals surface area contributed by atoms with E-state index in [9.17, 15) is 4.79 Å². The van der Waals surface area contributed by atoms with Gasteiger partial charge in [-0.3, -0.25) is 4.79 Å². The van der Waals surface area contributed by atoms with Gasteiger partial charge >= 0.3 is 0 Å². The summed E-state index contributed by atoms with van der Waals surface area (Å²) in [5, 5.41) is 32.7. The minimum atomic E-state index is -0.423. The maximum absolute atomic E-state index is 12.5. The number of anilines is 2. The lowest BCUT2D eigenvalue weighted by atomic mass is 10.1. The maximum atomic E-state index is 12.5. The number of nitrogens with zero attached hydrogens (tertiary/aromatic N) is 3. The smallest absolute Gasteiger partial charge is 0.259 e. The summed E-state index contributed by atoms with van der Waals surface area (Å²) >= 11 is 5.94. The molecule has 0 bridgehead atoms. The molecule has 1 aliphatic heterocycles. The van der Waals surface area contributed by atoms with Crippen LogP contribution in [0.2, 0.25) is 5.02 Å². The number of halogens is 1. The van der Waals surface area contributed by atoms with Crippen molar-refractivity contribution in [3.05, 3.63) is 58.3 Å². The standard InChI is InChI=1S/C18H8ClN5O2/c19-11-1-3-17-14(5-11)24-18(25)13-6-12(2-4-16(13)26-17)23-15(9-22)10(7-20)8-21/h1-6,23H,(H,24,25). The first-order valence-electron chi connectivity index (χ1n) is 7.20. The van der Waals surface area contributed by atoms with Crippen molar-refractivity contribution in [3.63, 3.8) is 0 Å². The fourth-order valence-corrected chi connectivity index (χ4v) is 2.47. The zero-order valence-corrected chi connectivity index (χ0v) is 13.8. The molecule has 0 unspecified atom stereocenters. The third-order valence-electron chi connectivity index (χ3n) is 3.49. The van der Waals surface area contributed by atoms with E-state index in [4.69, 9.17) is 32.1 Å². The molecule has 7 nitrogen and oxygen atoms in total. The number of amides is 1. The van der Waals surface area contributed by atoms with Crippen LogP contribution in [0.25, 0.3) is 0 Å². The molecule has 1 amide bonds. The van der Waals surface area contributed by atoms with Crippen LogP contribution in [0.15, 0.2) is 47.7 Å². The molecule has 0 radical (unpaired) electrons. The average molecular weight is 362 g/mol. The Morgan fingerprint density at radius 3 is 2.46 bits per heavy atom. The lowest BCUT2D eigenvalue weighted by Gasteiger charge is -2.10. The molecule has 2 N–H and O–H groups in total. The summed E-state index contributed by atoms with van der Waals surface area (Å²) in [5.74, 6) is 0.335. The summed E-state index contributed by atoms with van der Waals surface area (Å²) in [6.07, 6.45) is 0. The van der Waals surface area contributed by atoms with Crippen molar-refractivity contribution in [1.29, 1.82) is 15.8 Å². The molecule has 0 fully saturated rings. The van der Waals surface area contributed by atoms with E-state index in [2.05, 4.69) is 10.6 Å². The summed E-state index contributed by atoms with van der Waals surface area (Å²) in [7, 11) is 0. The van der Waals surface area contributed by atoms with Crippen LogP contribution in [0.1, 0.15) is 10.4 Å². The number of ether oxygens (including phenoxy) is 1. The van der Waals surface area contributed by atoms with Crippen molar-refractivity contribution in [2.75, 3.05) is 10.6 Å². The van der Waals surface area contributed by atoms with Crippen LogP contribution in [0.3, 0.4) is 0 Å². The lowest BCUT2D eigenvalue weighted by Crippen LogP contribution is -2.11. The quantitative estimate of drug-likeness (QED) is 0.781. The molecule has 3 rings (SSSR count). The van der Waals surface area contributed by atoms with Crippen LogP contribution in [-0.2, 0) is 0 Å². The highest BCUT2D eigenvalue weighted by Gasteiger charge is 2.21. The van der Waals surface area contributed by atoms with E-state index < -0.39 is 5.91 Å². The molecule has 8 heteroatoms. The molecule has 0 saturated carbocycles. The molecule has 0 atom stereocenters. The molecule has 1 aliphatic rings. The fraction of sp³-hybridized carbons (Fsp3) is 0. The number of hydrogen-bond donors (Lipinski definition) is 2. The number of nitriles is 3. The van der Waals surface area contributed by atoms with Crippen molar-refractivity contribution in [2.24, 2.45) is 0 Å². The lowest BCUT2D eigenvalue weighted by molar-refractivity contribution is 0.102. The second kappa shape index (κ2) is 6.86. The van der Waals surface area contributed by atoms with Crippen molar-refractivity contribution in [2.45, 2.75) is 0 Å². The van der Waals surface area contributed by atoms with E-state index in [-0.39, 0.29) is 16.8 Å². The van der Waals surface area contributed by atoms with Gasteiger partial charge in [-0.2, -0.15) is 15.8 Å². The van der Waals surface area contributed by atoms with Gasteiger partial charge in [-0.05, 0) is 36.4 Å². The van der Waals surface area contributed by atoms with Crippen molar-refractivity contribution in [1.82, 2.24) is 0 Å². The summed E-state index contributed by atoms with van der Waals surface area (Å²) in [5.41, 5.74) is 0.438. The summed E-state index contributed by atoms with van der Waals surface area (Å²) in [4.78, 5) is 12.5. The highest BCUT2D eigenvalue weighted by Crippen LogP contribution is 2.38. The number of carbonyl (C=O) groups excluding carboxylic acids is 1. The van der Waals surface area contributed by atoms with Crippen molar-refractivity contribution >= 4 is 28.9 Å². The first-order chi connectivity index (χ1) is 12.5. The first kappa shape index (κ1) is 16.9. The highest BCUT2D eigenvalue weighted by molar-refractivity contribution is 6.31. The normalized spacial score (nSPS) is 11.1. The molecule has 2 aromatic carbocycles. The summed E-state index contributed by atoms with van der Waals surface area (Å²) in [6.45, 7) is 0. The van der Waals surface area contributed by atoms with Gasteiger partial charge in [0.05, 0.1) is 11.3 Å². The van der Waals surface area contributed by atoms with E-state index in [1.165, 1.54) is 6.07 Å². The predicted molar refractivity (Wildman–Crippen MR) is 93.4 cm³/mol. The third-order valence-corrected chi connectivity index (χ3v) is 3.72. The van der Waals surface area contributed by atoms with Gasteiger partial charge in [0, 0.05) is 10.7 Å². The molecule has 0 aromatic heterocycles. The van der Waals surface area contributed by atoms with Gasteiger partial charge in [0.15, 0.2) is 11.3 Å². The zero-order valence-electron chi connectivity index (χ0n) is 13.0. The van der Waals surface area contributed by atoms with Gasteiger partial charge in [0.1, 0.15) is 29.7 Å². The van der Waals surface area contributed by atoms with Crippen LogP contribution in [-0.4, -0.2) is 5.91 Å². The monoisotopic (exact) mass is 361 g/mol. The van der Waals surface area contributed by atoms with Crippen LogP contribution >= 0.6 is 11.6 Å². The Kier molecular flexibility index (Phi) is 4.45. The summed E-state index contributed by atoms with van der Waals surface area (Å²) < 4.78 is 5.75. The number of rotatable bonds is 2. The Hall–Kier alpha value is -3.99.